The first-order valence-corrected chi connectivity index (χ1v) is 7.31. The van der Waals surface area contributed by atoms with E-state index in [1.807, 2.05) is 6.92 Å². The largest absolute Gasteiger partial charge is 0.329 e. The summed E-state index contributed by atoms with van der Waals surface area (Å²) in [5.74, 6) is 0.396. The average Bonchev–Trinajstić information content (AvgIpc) is 3.02. The second kappa shape index (κ2) is 4.75. The summed E-state index contributed by atoms with van der Waals surface area (Å²) in [6, 6.07) is 1.35. The molecule has 1 aliphatic carbocycles. The third kappa shape index (κ3) is 2.67. The molecule has 0 saturated heterocycles. The van der Waals surface area contributed by atoms with Crippen molar-refractivity contribution in [3.8, 4) is 0 Å². The molecule has 1 atom stereocenters. The first kappa shape index (κ1) is 12.5. The van der Waals surface area contributed by atoms with Gasteiger partial charge in [-0.25, -0.2) is 13.1 Å². The Morgan fingerprint density at radius 2 is 2.35 bits per heavy atom. The maximum atomic E-state index is 12.1. The number of sulfonamides is 1. The van der Waals surface area contributed by atoms with E-state index in [0.29, 0.717) is 19.0 Å². The summed E-state index contributed by atoms with van der Waals surface area (Å²) in [5, 5.41) is 4.17. The van der Waals surface area contributed by atoms with Crippen LogP contribution in [0, 0.1) is 5.92 Å². The quantitative estimate of drug-likeness (QED) is 0.746. The molecule has 0 radical (unpaired) electrons. The zero-order valence-corrected chi connectivity index (χ0v) is 10.7. The van der Waals surface area contributed by atoms with E-state index in [0.717, 1.165) is 12.8 Å². The SMILES string of the molecule is CCn1nccc1S(=O)(=O)NC(CN)C1CC1. The Hall–Kier alpha value is -0.920. The monoisotopic (exact) mass is 258 g/mol. The Morgan fingerprint density at radius 1 is 1.65 bits per heavy atom. The fourth-order valence-electron chi connectivity index (χ4n) is 1.88. The molecule has 6 nitrogen and oxygen atoms in total. The molecule has 1 fully saturated rings. The fourth-order valence-corrected chi connectivity index (χ4v) is 3.38. The summed E-state index contributed by atoms with van der Waals surface area (Å²) in [6.07, 6.45) is 3.60. The van der Waals surface area contributed by atoms with Gasteiger partial charge in [0.2, 0.25) is 0 Å². The summed E-state index contributed by atoms with van der Waals surface area (Å²) in [6.45, 7) is 2.72. The van der Waals surface area contributed by atoms with Crippen molar-refractivity contribution in [2.75, 3.05) is 6.54 Å². The minimum atomic E-state index is -3.51. The predicted molar refractivity (Wildman–Crippen MR) is 63.8 cm³/mol. The Kier molecular flexibility index (Phi) is 3.50. The van der Waals surface area contributed by atoms with Crippen LogP contribution in [0.1, 0.15) is 19.8 Å². The van der Waals surface area contributed by atoms with Gasteiger partial charge in [-0.1, -0.05) is 0 Å². The number of aryl methyl sites for hydroxylation is 1. The lowest BCUT2D eigenvalue weighted by Crippen LogP contribution is -2.42. The van der Waals surface area contributed by atoms with Gasteiger partial charge in [0.25, 0.3) is 10.0 Å². The standard InChI is InChI=1S/C10H18N4O2S/c1-2-14-10(5-6-12-14)17(15,16)13-9(7-11)8-3-4-8/h5-6,8-9,13H,2-4,7,11H2,1H3. The van der Waals surface area contributed by atoms with Crippen molar-refractivity contribution in [1.82, 2.24) is 14.5 Å². The van der Waals surface area contributed by atoms with E-state index in [-0.39, 0.29) is 11.1 Å². The van der Waals surface area contributed by atoms with Gasteiger partial charge < -0.3 is 5.73 Å². The summed E-state index contributed by atoms with van der Waals surface area (Å²) in [7, 11) is -3.51. The number of aromatic nitrogens is 2. The molecule has 2 rings (SSSR count). The van der Waals surface area contributed by atoms with Crippen molar-refractivity contribution in [2.24, 2.45) is 11.7 Å². The average molecular weight is 258 g/mol. The number of hydrogen-bond donors (Lipinski definition) is 2. The molecule has 1 heterocycles. The lowest BCUT2D eigenvalue weighted by atomic mass is 10.2. The van der Waals surface area contributed by atoms with Crippen molar-refractivity contribution in [3.05, 3.63) is 12.3 Å². The molecule has 1 aromatic heterocycles. The highest BCUT2D eigenvalue weighted by molar-refractivity contribution is 7.89. The summed E-state index contributed by atoms with van der Waals surface area (Å²) < 4.78 is 28.4. The molecule has 1 aromatic rings. The van der Waals surface area contributed by atoms with Gasteiger partial charge in [-0.2, -0.15) is 5.10 Å². The molecule has 0 aromatic carbocycles. The Balaban J connectivity index is 2.18. The van der Waals surface area contributed by atoms with Crippen molar-refractivity contribution in [2.45, 2.75) is 37.4 Å². The molecule has 3 N–H and O–H groups in total. The van der Waals surface area contributed by atoms with E-state index in [1.54, 1.807) is 0 Å². The van der Waals surface area contributed by atoms with Crippen LogP contribution in [0.15, 0.2) is 17.3 Å². The third-order valence-electron chi connectivity index (χ3n) is 3.00. The molecule has 1 aliphatic rings. The van der Waals surface area contributed by atoms with Crippen LogP contribution in [0.2, 0.25) is 0 Å². The van der Waals surface area contributed by atoms with E-state index >= 15 is 0 Å². The second-order valence-electron chi connectivity index (χ2n) is 4.29. The second-order valence-corrected chi connectivity index (χ2v) is 5.95. The number of rotatable bonds is 6. The Morgan fingerprint density at radius 3 is 2.88 bits per heavy atom. The molecule has 0 amide bonds. The van der Waals surface area contributed by atoms with Crippen LogP contribution < -0.4 is 10.5 Å². The fraction of sp³-hybridized carbons (Fsp3) is 0.700. The van der Waals surface area contributed by atoms with Crippen LogP contribution in [0.5, 0.6) is 0 Å². The lowest BCUT2D eigenvalue weighted by molar-refractivity contribution is 0.503. The molecule has 0 spiro atoms. The van der Waals surface area contributed by atoms with Gasteiger partial charge in [0.1, 0.15) is 0 Å². The van der Waals surface area contributed by atoms with Crippen LogP contribution in [0.3, 0.4) is 0 Å². The van der Waals surface area contributed by atoms with E-state index in [4.69, 9.17) is 5.73 Å². The minimum absolute atomic E-state index is 0.153. The molecule has 1 unspecified atom stereocenters. The molecule has 1 saturated carbocycles. The maximum absolute atomic E-state index is 12.1. The third-order valence-corrected chi connectivity index (χ3v) is 4.51. The van der Waals surface area contributed by atoms with Gasteiger partial charge in [-0.3, -0.25) is 4.68 Å². The Bertz CT molecular complexity index is 478. The first-order chi connectivity index (χ1) is 8.08. The summed E-state index contributed by atoms with van der Waals surface area (Å²) >= 11 is 0. The van der Waals surface area contributed by atoms with Crippen LogP contribution in [-0.4, -0.2) is 30.8 Å². The van der Waals surface area contributed by atoms with Crippen molar-refractivity contribution >= 4 is 10.0 Å². The highest BCUT2D eigenvalue weighted by atomic mass is 32.2. The zero-order chi connectivity index (χ0) is 12.5. The van der Waals surface area contributed by atoms with Crippen LogP contribution in [0.4, 0.5) is 0 Å². The number of nitrogens with one attached hydrogen (secondary N) is 1. The first-order valence-electron chi connectivity index (χ1n) is 5.82. The molecule has 17 heavy (non-hydrogen) atoms. The number of nitrogens with two attached hydrogens (primary N) is 1. The van der Waals surface area contributed by atoms with Crippen LogP contribution >= 0.6 is 0 Å². The Labute approximate surface area is 101 Å². The van der Waals surface area contributed by atoms with Crippen molar-refractivity contribution < 1.29 is 8.42 Å². The van der Waals surface area contributed by atoms with Gasteiger partial charge in [-0.05, 0) is 31.7 Å². The topological polar surface area (TPSA) is 90.0 Å². The zero-order valence-electron chi connectivity index (χ0n) is 9.83. The van der Waals surface area contributed by atoms with Crippen LogP contribution in [-0.2, 0) is 16.6 Å². The van der Waals surface area contributed by atoms with E-state index in [9.17, 15) is 8.42 Å². The molecule has 96 valence electrons. The predicted octanol–water partition coefficient (Wildman–Crippen LogP) is -0.0814. The van der Waals surface area contributed by atoms with Gasteiger partial charge in [0.15, 0.2) is 5.03 Å². The highest BCUT2D eigenvalue weighted by Crippen LogP contribution is 2.32. The molecule has 7 heteroatoms. The molecular formula is C10H18N4O2S. The van der Waals surface area contributed by atoms with E-state index in [1.165, 1.54) is 16.9 Å². The lowest BCUT2D eigenvalue weighted by Gasteiger charge is -2.16. The van der Waals surface area contributed by atoms with Gasteiger partial charge >= 0.3 is 0 Å². The molecular weight excluding hydrogens is 240 g/mol. The number of hydrogen-bond acceptors (Lipinski definition) is 4. The smallest absolute Gasteiger partial charge is 0.258 e. The minimum Gasteiger partial charge on any atom is -0.329 e. The van der Waals surface area contributed by atoms with Crippen LogP contribution in [0.25, 0.3) is 0 Å². The van der Waals surface area contributed by atoms with E-state index < -0.39 is 10.0 Å². The van der Waals surface area contributed by atoms with Gasteiger partial charge in [-0.15, -0.1) is 0 Å². The maximum Gasteiger partial charge on any atom is 0.258 e. The molecule has 0 aliphatic heterocycles. The molecule has 0 bridgehead atoms. The van der Waals surface area contributed by atoms with Crippen molar-refractivity contribution in [3.63, 3.8) is 0 Å². The van der Waals surface area contributed by atoms with Gasteiger partial charge in [0, 0.05) is 19.1 Å². The summed E-state index contributed by atoms with van der Waals surface area (Å²) in [4.78, 5) is 0. The van der Waals surface area contributed by atoms with Crippen molar-refractivity contribution in [1.29, 1.82) is 0 Å². The number of nitrogens with zero attached hydrogens (tertiary/aromatic N) is 2. The van der Waals surface area contributed by atoms with E-state index in [2.05, 4.69) is 9.82 Å². The highest BCUT2D eigenvalue weighted by Gasteiger charge is 2.34. The summed E-state index contributed by atoms with van der Waals surface area (Å²) in [5.41, 5.74) is 5.60. The normalized spacial score (nSPS) is 18.2. The van der Waals surface area contributed by atoms with Gasteiger partial charge in [0.05, 0.1) is 6.20 Å².